The van der Waals surface area contributed by atoms with Gasteiger partial charge in [-0.05, 0) is 18.9 Å². The van der Waals surface area contributed by atoms with Crippen LogP contribution in [-0.2, 0) is 9.59 Å². The van der Waals surface area contributed by atoms with Gasteiger partial charge in [-0.25, -0.2) is 0 Å². The van der Waals surface area contributed by atoms with Crippen LogP contribution in [0.3, 0.4) is 0 Å². The molecule has 0 bridgehead atoms. The van der Waals surface area contributed by atoms with E-state index in [-0.39, 0.29) is 23.5 Å². The molecule has 0 aromatic carbocycles. The third kappa shape index (κ3) is 10.4. The second-order valence-corrected chi connectivity index (χ2v) is 8.27. The first kappa shape index (κ1) is 22.0. The summed E-state index contributed by atoms with van der Waals surface area (Å²) >= 11 is 0. The van der Waals surface area contributed by atoms with Crippen LogP contribution in [0.2, 0.25) is 0 Å². The molecule has 2 atom stereocenters. The Bertz CT molecular complexity index is 384. The molecule has 0 rings (SSSR count). The summed E-state index contributed by atoms with van der Waals surface area (Å²) in [4.78, 5) is 24.6. The molecule has 1 amide bonds. The van der Waals surface area contributed by atoms with Gasteiger partial charge in [0.25, 0.3) is 0 Å². The molecule has 23 heavy (non-hydrogen) atoms. The number of rotatable bonds is 9. The zero-order chi connectivity index (χ0) is 18.3. The van der Waals surface area contributed by atoms with Crippen LogP contribution >= 0.6 is 0 Å². The van der Waals surface area contributed by atoms with Gasteiger partial charge >= 0.3 is 0 Å². The number of aliphatic hydroxyl groups excluding tert-OH is 1. The lowest BCUT2D eigenvalue weighted by atomic mass is 9.86. The molecule has 0 aliphatic heterocycles. The van der Waals surface area contributed by atoms with Gasteiger partial charge in [0, 0.05) is 24.9 Å². The fourth-order valence-electron chi connectivity index (χ4n) is 2.02. The Kier molecular flexibility index (Phi) is 8.95. The van der Waals surface area contributed by atoms with E-state index < -0.39 is 17.7 Å². The molecule has 0 aromatic rings. The van der Waals surface area contributed by atoms with E-state index in [4.69, 9.17) is 0 Å². The van der Waals surface area contributed by atoms with Crippen molar-refractivity contribution in [1.82, 2.24) is 16.0 Å². The smallest absolute Gasteiger partial charge is 0.237 e. The third-order valence-corrected chi connectivity index (χ3v) is 3.42. The summed E-state index contributed by atoms with van der Waals surface area (Å²) in [5.41, 5.74) is -0.590. The standard InChI is InChI=1S/C17H35N3O3/c1-16(2,3)11-14(22)20-12(10-13(21)17(4,5)6)15(23)19-9-8-18-7/h12,14,18,20,22H,8-11H2,1-7H3,(H,19,23). The minimum atomic E-state index is -0.831. The summed E-state index contributed by atoms with van der Waals surface area (Å²) < 4.78 is 0. The first-order valence-corrected chi connectivity index (χ1v) is 8.26. The summed E-state index contributed by atoms with van der Waals surface area (Å²) in [6.07, 6.45) is -0.268. The SMILES string of the molecule is CNCCNC(=O)C(CC(=O)C(C)(C)C)NC(O)CC(C)(C)C. The van der Waals surface area contributed by atoms with E-state index in [9.17, 15) is 14.7 Å². The van der Waals surface area contributed by atoms with E-state index in [1.807, 2.05) is 41.5 Å². The average Bonchev–Trinajstić information content (AvgIpc) is 2.34. The van der Waals surface area contributed by atoms with Crippen molar-refractivity contribution in [1.29, 1.82) is 0 Å². The Hall–Kier alpha value is -0.980. The lowest BCUT2D eigenvalue weighted by Gasteiger charge is -2.28. The van der Waals surface area contributed by atoms with E-state index in [0.717, 1.165) is 0 Å². The molecule has 0 spiro atoms. The zero-order valence-corrected chi connectivity index (χ0v) is 15.7. The Morgan fingerprint density at radius 3 is 2.04 bits per heavy atom. The first-order chi connectivity index (χ1) is 10.4. The molecule has 6 nitrogen and oxygen atoms in total. The molecular weight excluding hydrogens is 294 g/mol. The van der Waals surface area contributed by atoms with Gasteiger partial charge in [0.1, 0.15) is 12.0 Å². The highest BCUT2D eigenvalue weighted by atomic mass is 16.3. The van der Waals surface area contributed by atoms with E-state index >= 15 is 0 Å². The summed E-state index contributed by atoms with van der Waals surface area (Å²) in [7, 11) is 1.80. The fraction of sp³-hybridized carbons (Fsp3) is 0.882. The van der Waals surface area contributed by atoms with Crippen LogP contribution in [0.4, 0.5) is 0 Å². The molecule has 136 valence electrons. The van der Waals surface area contributed by atoms with Crippen LogP contribution in [0.15, 0.2) is 0 Å². The lowest BCUT2D eigenvalue weighted by Crippen LogP contribution is -2.51. The number of hydrogen-bond acceptors (Lipinski definition) is 5. The number of ketones is 1. The minimum Gasteiger partial charge on any atom is -0.379 e. The molecule has 0 heterocycles. The summed E-state index contributed by atoms with van der Waals surface area (Å²) in [5.74, 6) is -0.271. The maximum atomic E-state index is 12.3. The highest BCUT2D eigenvalue weighted by Crippen LogP contribution is 2.21. The highest BCUT2D eigenvalue weighted by Gasteiger charge is 2.30. The van der Waals surface area contributed by atoms with Crippen molar-refractivity contribution >= 4 is 11.7 Å². The summed E-state index contributed by atoms with van der Waals surface area (Å²) in [5, 5.41) is 18.8. The fourth-order valence-corrected chi connectivity index (χ4v) is 2.02. The van der Waals surface area contributed by atoms with Crippen molar-refractivity contribution in [3.63, 3.8) is 0 Å². The second-order valence-electron chi connectivity index (χ2n) is 8.27. The van der Waals surface area contributed by atoms with E-state index in [1.54, 1.807) is 7.05 Å². The number of amides is 1. The van der Waals surface area contributed by atoms with Crippen LogP contribution in [-0.4, -0.2) is 49.2 Å². The Morgan fingerprint density at radius 2 is 1.61 bits per heavy atom. The first-order valence-electron chi connectivity index (χ1n) is 8.26. The molecule has 0 saturated carbocycles. The topological polar surface area (TPSA) is 90.5 Å². The van der Waals surface area contributed by atoms with Gasteiger partial charge in [0.2, 0.25) is 5.91 Å². The molecule has 0 fully saturated rings. The number of hydrogen-bond donors (Lipinski definition) is 4. The molecule has 2 unspecified atom stereocenters. The molecule has 0 aromatic heterocycles. The number of likely N-dealkylation sites (N-methyl/N-ethyl adjacent to an activating group) is 1. The molecular formula is C17H35N3O3. The molecule has 6 heteroatoms. The lowest BCUT2D eigenvalue weighted by molar-refractivity contribution is -0.132. The average molecular weight is 329 g/mol. The van der Waals surface area contributed by atoms with Crippen molar-refractivity contribution in [2.45, 2.75) is 66.7 Å². The van der Waals surface area contributed by atoms with Crippen LogP contribution in [0.1, 0.15) is 54.4 Å². The highest BCUT2D eigenvalue weighted by molar-refractivity contribution is 5.91. The van der Waals surface area contributed by atoms with Crippen molar-refractivity contribution in [3.8, 4) is 0 Å². The second kappa shape index (κ2) is 9.35. The molecule has 0 aliphatic rings. The maximum Gasteiger partial charge on any atom is 0.237 e. The van der Waals surface area contributed by atoms with Crippen LogP contribution in [0.25, 0.3) is 0 Å². The van der Waals surface area contributed by atoms with Gasteiger partial charge in [-0.3, -0.25) is 14.9 Å². The van der Waals surface area contributed by atoms with Gasteiger partial charge in [-0.1, -0.05) is 41.5 Å². The van der Waals surface area contributed by atoms with Crippen molar-refractivity contribution in [2.24, 2.45) is 10.8 Å². The van der Waals surface area contributed by atoms with Gasteiger partial charge in [0.05, 0.1) is 6.04 Å². The predicted molar refractivity (Wildman–Crippen MR) is 93.0 cm³/mol. The monoisotopic (exact) mass is 329 g/mol. The van der Waals surface area contributed by atoms with Crippen LogP contribution in [0.5, 0.6) is 0 Å². The number of Topliss-reactive ketones (excluding diaryl/α,β-unsaturated/α-hetero) is 1. The van der Waals surface area contributed by atoms with Gasteiger partial charge in [-0.15, -0.1) is 0 Å². The minimum absolute atomic E-state index is 0.0123. The normalized spacial score (nSPS) is 15.1. The van der Waals surface area contributed by atoms with Gasteiger partial charge in [0.15, 0.2) is 0 Å². The van der Waals surface area contributed by atoms with E-state index in [2.05, 4.69) is 16.0 Å². The largest absolute Gasteiger partial charge is 0.379 e. The maximum absolute atomic E-state index is 12.3. The molecule has 0 radical (unpaired) electrons. The van der Waals surface area contributed by atoms with Crippen molar-refractivity contribution in [3.05, 3.63) is 0 Å². The zero-order valence-electron chi connectivity index (χ0n) is 15.7. The quantitative estimate of drug-likeness (QED) is 0.375. The van der Waals surface area contributed by atoms with E-state index in [1.165, 1.54) is 0 Å². The third-order valence-electron chi connectivity index (χ3n) is 3.42. The number of carbonyl (C=O) groups excluding carboxylic acids is 2. The Labute approximate surface area is 140 Å². The number of nitrogens with one attached hydrogen (secondary N) is 3. The Balaban J connectivity index is 4.85. The molecule has 0 saturated heterocycles. The Morgan fingerprint density at radius 1 is 1.04 bits per heavy atom. The van der Waals surface area contributed by atoms with E-state index in [0.29, 0.717) is 19.5 Å². The van der Waals surface area contributed by atoms with Gasteiger partial charge in [-0.2, -0.15) is 0 Å². The van der Waals surface area contributed by atoms with Crippen LogP contribution in [0, 0.1) is 10.8 Å². The molecule has 4 N–H and O–H groups in total. The van der Waals surface area contributed by atoms with Crippen molar-refractivity contribution < 1.29 is 14.7 Å². The number of carbonyl (C=O) groups is 2. The number of aliphatic hydroxyl groups is 1. The van der Waals surface area contributed by atoms with Crippen LogP contribution < -0.4 is 16.0 Å². The predicted octanol–water partition coefficient (Wildman–Crippen LogP) is 1.04. The summed E-state index contributed by atoms with van der Waals surface area (Å²) in [6, 6.07) is -0.726. The molecule has 0 aliphatic carbocycles. The summed E-state index contributed by atoms with van der Waals surface area (Å²) in [6.45, 7) is 12.7. The van der Waals surface area contributed by atoms with Gasteiger partial charge < -0.3 is 15.7 Å². The van der Waals surface area contributed by atoms with Crippen molar-refractivity contribution in [2.75, 3.05) is 20.1 Å².